The fourth-order valence-corrected chi connectivity index (χ4v) is 2.15. The minimum Gasteiger partial charge on any atom is -0.372 e. The van der Waals surface area contributed by atoms with Crippen LogP contribution in [0.4, 0.5) is 4.39 Å². The van der Waals surface area contributed by atoms with Crippen molar-refractivity contribution < 1.29 is 9.13 Å². The van der Waals surface area contributed by atoms with Gasteiger partial charge in [-0.25, -0.2) is 4.39 Å². The van der Waals surface area contributed by atoms with E-state index < -0.39 is 6.10 Å². The Hall–Kier alpha value is -0.640. The molecule has 0 bridgehead atoms. The normalized spacial score (nSPS) is 26.6. The summed E-state index contributed by atoms with van der Waals surface area (Å²) in [6.07, 6.45) is 1.35. The summed E-state index contributed by atoms with van der Waals surface area (Å²) in [6.45, 7) is 0.614. The lowest BCUT2D eigenvalue weighted by molar-refractivity contribution is -0.00181. The summed E-state index contributed by atoms with van der Waals surface area (Å²) in [4.78, 5) is 0. The summed E-state index contributed by atoms with van der Waals surface area (Å²) in [7, 11) is 0. The van der Waals surface area contributed by atoms with Crippen LogP contribution in [0.3, 0.4) is 0 Å². The Morgan fingerprint density at radius 3 is 2.93 bits per heavy atom. The lowest BCUT2D eigenvalue weighted by Gasteiger charge is -2.30. The first-order valence-electron chi connectivity index (χ1n) is 5.01. The average Bonchev–Trinajstić information content (AvgIpc) is 2.20. The van der Waals surface area contributed by atoms with Gasteiger partial charge in [-0.2, -0.15) is 0 Å². The van der Waals surface area contributed by atoms with Crippen molar-refractivity contribution in [2.24, 2.45) is 5.73 Å². The molecule has 1 heterocycles. The maximum Gasteiger partial charge on any atom is 0.130 e. The summed E-state index contributed by atoms with van der Waals surface area (Å²) in [6, 6.07) is 4.44. The molecule has 1 aromatic rings. The van der Waals surface area contributed by atoms with Crippen molar-refractivity contribution in [1.82, 2.24) is 0 Å². The first-order chi connectivity index (χ1) is 7.20. The lowest BCUT2D eigenvalue weighted by atomic mass is 9.96. The summed E-state index contributed by atoms with van der Waals surface area (Å²) in [5.74, 6) is -0.343. The van der Waals surface area contributed by atoms with Crippen molar-refractivity contribution in [2.45, 2.75) is 25.0 Å². The molecule has 0 aromatic heterocycles. The van der Waals surface area contributed by atoms with Gasteiger partial charge in [-0.1, -0.05) is 17.7 Å². The summed E-state index contributed by atoms with van der Waals surface area (Å²) in [5, 5.41) is 0.386. The smallest absolute Gasteiger partial charge is 0.130 e. The Kier molecular flexibility index (Phi) is 3.24. The molecule has 1 aliphatic heterocycles. The Labute approximate surface area is 93.2 Å². The highest BCUT2D eigenvalue weighted by Gasteiger charge is 2.28. The van der Waals surface area contributed by atoms with Crippen LogP contribution >= 0.6 is 11.6 Å². The van der Waals surface area contributed by atoms with Gasteiger partial charge in [-0.3, -0.25) is 0 Å². The molecule has 2 nitrogen and oxygen atoms in total. The van der Waals surface area contributed by atoms with Crippen LogP contribution < -0.4 is 5.73 Å². The van der Waals surface area contributed by atoms with E-state index in [0.717, 1.165) is 12.8 Å². The van der Waals surface area contributed by atoms with Crippen molar-refractivity contribution in [2.75, 3.05) is 6.61 Å². The topological polar surface area (TPSA) is 35.2 Å². The summed E-state index contributed by atoms with van der Waals surface area (Å²) in [5.41, 5.74) is 6.29. The maximum absolute atomic E-state index is 13.6. The molecule has 0 spiro atoms. The average molecular weight is 230 g/mol. The van der Waals surface area contributed by atoms with Crippen molar-refractivity contribution >= 4 is 11.6 Å². The fraction of sp³-hybridized carbons (Fsp3) is 0.455. The molecule has 1 fully saturated rings. The van der Waals surface area contributed by atoms with Crippen LogP contribution in [0.25, 0.3) is 0 Å². The largest absolute Gasteiger partial charge is 0.372 e. The van der Waals surface area contributed by atoms with Crippen LogP contribution in [0.15, 0.2) is 18.2 Å². The van der Waals surface area contributed by atoms with Gasteiger partial charge >= 0.3 is 0 Å². The fourth-order valence-electron chi connectivity index (χ4n) is 1.88. The molecule has 2 atom stereocenters. The molecule has 1 saturated heterocycles. The SMILES string of the molecule is NC1CCCOC1c1c(F)cccc1Cl. The third-order valence-corrected chi connectivity index (χ3v) is 2.98. The molecule has 2 rings (SSSR count). The third kappa shape index (κ3) is 2.14. The number of halogens is 2. The molecular formula is C11H13ClFNO. The number of benzene rings is 1. The van der Waals surface area contributed by atoms with Crippen molar-refractivity contribution in [3.05, 3.63) is 34.6 Å². The summed E-state index contributed by atoms with van der Waals surface area (Å²) < 4.78 is 19.1. The van der Waals surface area contributed by atoms with Gasteiger partial charge in [-0.15, -0.1) is 0 Å². The van der Waals surface area contributed by atoms with Gasteiger partial charge < -0.3 is 10.5 Å². The molecule has 82 valence electrons. The molecule has 0 amide bonds. The van der Waals surface area contributed by atoms with Gasteiger partial charge in [0.2, 0.25) is 0 Å². The monoisotopic (exact) mass is 229 g/mol. The minimum atomic E-state index is -0.410. The number of rotatable bonds is 1. The predicted molar refractivity (Wildman–Crippen MR) is 57.3 cm³/mol. The first-order valence-corrected chi connectivity index (χ1v) is 5.39. The van der Waals surface area contributed by atoms with E-state index in [-0.39, 0.29) is 11.9 Å². The second-order valence-electron chi connectivity index (χ2n) is 3.73. The van der Waals surface area contributed by atoms with Crippen molar-refractivity contribution in [3.8, 4) is 0 Å². The number of nitrogens with two attached hydrogens (primary N) is 1. The molecule has 4 heteroatoms. The molecule has 0 saturated carbocycles. The van der Waals surface area contributed by atoms with E-state index in [9.17, 15) is 4.39 Å². The quantitative estimate of drug-likeness (QED) is 0.804. The van der Waals surface area contributed by atoms with Crippen molar-refractivity contribution in [1.29, 1.82) is 0 Å². The van der Waals surface area contributed by atoms with Gasteiger partial charge in [0.1, 0.15) is 11.9 Å². The Balaban J connectivity index is 2.35. The molecule has 0 aliphatic carbocycles. The van der Waals surface area contributed by atoms with Crippen LogP contribution in [0, 0.1) is 5.82 Å². The second kappa shape index (κ2) is 4.47. The standard InChI is InChI=1S/C11H13ClFNO/c12-7-3-1-4-8(13)10(7)11-9(14)5-2-6-15-11/h1,3-4,9,11H,2,5-6,14H2. The van der Waals surface area contributed by atoms with Gasteiger partial charge in [0.25, 0.3) is 0 Å². The Bertz CT molecular complexity index is 338. The van der Waals surface area contributed by atoms with E-state index in [2.05, 4.69) is 0 Å². The first kappa shape index (κ1) is 10.9. The highest BCUT2D eigenvalue weighted by atomic mass is 35.5. The predicted octanol–water partition coefficient (Wildman–Crippen LogP) is 2.66. The Morgan fingerprint density at radius 2 is 2.27 bits per heavy atom. The molecule has 1 aliphatic rings. The molecule has 2 unspecified atom stereocenters. The Morgan fingerprint density at radius 1 is 1.47 bits per heavy atom. The van der Waals surface area contributed by atoms with Crippen molar-refractivity contribution in [3.63, 3.8) is 0 Å². The van der Waals surface area contributed by atoms with Crippen LogP contribution in [0.1, 0.15) is 24.5 Å². The van der Waals surface area contributed by atoms with Crippen LogP contribution in [-0.4, -0.2) is 12.6 Å². The summed E-state index contributed by atoms with van der Waals surface area (Å²) >= 11 is 5.95. The minimum absolute atomic E-state index is 0.173. The number of ether oxygens (including phenoxy) is 1. The van der Waals surface area contributed by atoms with Crippen LogP contribution in [0.2, 0.25) is 5.02 Å². The lowest BCUT2D eigenvalue weighted by Crippen LogP contribution is -2.35. The highest BCUT2D eigenvalue weighted by molar-refractivity contribution is 6.31. The van der Waals surface area contributed by atoms with E-state index in [0.29, 0.717) is 17.2 Å². The van der Waals surface area contributed by atoms with Gasteiger partial charge in [0, 0.05) is 23.2 Å². The van der Waals surface area contributed by atoms with Gasteiger partial charge in [0.15, 0.2) is 0 Å². The van der Waals surface area contributed by atoms with E-state index in [1.54, 1.807) is 12.1 Å². The molecule has 15 heavy (non-hydrogen) atoms. The van der Waals surface area contributed by atoms with E-state index in [1.165, 1.54) is 6.07 Å². The number of hydrogen-bond acceptors (Lipinski definition) is 2. The molecular weight excluding hydrogens is 217 g/mol. The van der Waals surface area contributed by atoms with Gasteiger partial charge in [-0.05, 0) is 25.0 Å². The van der Waals surface area contributed by atoms with E-state index in [1.807, 2.05) is 0 Å². The molecule has 2 N–H and O–H groups in total. The van der Waals surface area contributed by atoms with Crippen LogP contribution in [0.5, 0.6) is 0 Å². The van der Waals surface area contributed by atoms with E-state index in [4.69, 9.17) is 22.1 Å². The van der Waals surface area contributed by atoms with E-state index >= 15 is 0 Å². The third-order valence-electron chi connectivity index (χ3n) is 2.65. The van der Waals surface area contributed by atoms with Crippen LogP contribution in [-0.2, 0) is 4.74 Å². The maximum atomic E-state index is 13.6. The number of hydrogen-bond donors (Lipinski definition) is 1. The van der Waals surface area contributed by atoms with Gasteiger partial charge in [0.05, 0.1) is 0 Å². The molecule has 1 aromatic carbocycles. The molecule has 0 radical (unpaired) electrons. The zero-order valence-corrected chi connectivity index (χ0v) is 9.01. The second-order valence-corrected chi connectivity index (χ2v) is 4.14. The zero-order chi connectivity index (χ0) is 10.8. The zero-order valence-electron chi connectivity index (χ0n) is 8.25. The highest BCUT2D eigenvalue weighted by Crippen LogP contribution is 2.33.